The third-order valence-corrected chi connectivity index (χ3v) is 3.68. The molecule has 1 atom stereocenters. The first-order valence-electron chi connectivity index (χ1n) is 6.12. The summed E-state index contributed by atoms with van der Waals surface area (Å²) >= 11 is 12.2. The zero-order valence-electron chi connectivity index (χ0n) is 10.9. The lowest BCUT2D eigenvalue weighted by molar-refractivity contribution is 0.409. The van der Waals surface area contributed by atoms with Crippen LogP contribution in [-0.2, 0) is 6.42 Å². The molecule has 0 amide bonds. The van der Waals surface area contributed by atoms with Crippen LogP contribution in [0.1, 0.15) is 17.0 Å². The average molecular weight is 306 g/mol. The summed E-state index contributed by atoms with van der Waals surface area (Å²) in [4.78, 5) is 0. The molecule has 0 fully saturated rings. The van der Waals surface area contributed by atoms with Gasteiger partial charge in [0.05, 0.1) is 19.1 Å². The monoisotopic (exact) mass is 305 g/mol. The van der Waals surface area contributed by atoms with E-state index in [1.54, 1.807) is 25.3 Å². The van der Waals surface area contributed by atoms with Gasteiger partial charge in [-0.25, -0.2) is 0 Å². The Kier molecular flexibility index (Phi) is 4.89. The van der Waals surface area contributed by atoms with Crippen molar-refractivity contribution in [2.75, 3.05) is 7.11 Å². The number of ether oxygens (including phenoxy) is 1. The topological polar surface area (TPSA) is 33.0 Å². The van der Waals surface area contributed by atoms with E-state index in [0.29, 0.717) is 16.5 Å². The molecule has 1 unspecified atom stereocenters. The number of rotatable bonds is 4. The molecule has 0 saturated heterocycles. The highest BCUT2D eigenvalue weighted by atomic mass is 35.5. The van der Waals surface area contributed by atoms with Crippen LogP contribution in [0, 0.1) is 11.3 Å². The number of hydrogen-bond donors (Lipinski definition) is 0. The van der Waals surface area contributed by atoms with Crippen LogP contribution >= 0.6 is 23.2 Å². The number of nitriles is 1. The minimum Gasteiger partial charge on any atom is -0.496 e. The number of methoxy groups -OCH3 is 1. The molecule has 2 aromatic rings. The Morgan fingerprint density at radius 3 is 2.60 bits per heavy atom. The Morgan fingerprint density at radius 1 is 1.20 bits per heavy atom. The van der Waals surface area contributed by atoms with Crippen molar-refractivity contribution in [3.05, 3.63) is 63.6 Å². The number of hydrogen-bond acceptors (Lipinski definition) is 2. The molecule has 0 aliphatic heterocycles. The van der Waals surface area contributed by atoms with E-state index >= 15 is 0 Å². The van der Waals surface area contributed by atoms with Crippen LogP contribution in [0.25, 0.3) is 0 Å². The van der Waals surface area contributed by atoms with Gasteiger partial charge in [-0.1, -0.05) is 41.4 Å². The van der Waals surface area contributed by atoms with Gasteiger partial charge in [-0.3, -0.25) is 0 Å². The van der Waals surface area contributed by atoms with Gasteiger partial charge in [-0.2, -0.15) is 5.26 Å². The Morgan fingerprint density at radius 2 is 1.95 bits per heavy atom. The minimum atomic E-state index is -0.337. The van der Waals surface area contributed by atoms with Crippen LogP contribution in [0.4, 0.5) is 0 Å². The van der Waals surface area contributed by atoms with Gasteiger partial charge < -0.3 is 4.74 Å². The molecule has 0 aromatic heterocycles. The Balaban J connectivity index is 2.35. The van der Waals surface area contributed by atoms with Gasteiger partial charge in [0.1, 0.15) is 5.75 Å². The average Bonchev–Trinajstić information content (AvgIpc) is 2.46. The molecule has 0 N–H and O–H groups in total. The maximum absolute atomic E-state index is 9.42. The summed E-state index contributed by atoms with van der Waals surface area (Å²) < 4.78 is 5.31. The van der Waals surface area contributed by atoms with Crippen molar-refractivity contribution in [2.45, 2.75) is 12.3 Å². The van der Waals surface area contributed by atoms with Gasteiger partial charge in [0.2, 0.25) is 0 Å². The normalized spacial score (nSPS) is 11.7. The van der Waals surface area contributed by atoms with Crippen molar-refractivity contribution in [3.63, 3.8) is 0 Å². The number of halogens is 2. The smallest absolute Gasteiger partial charge is 0.122 e. The zero-order chi connectivity index (χ0) is 14.5. The second kappa shape index (κ2) is 6.65. The van der Waals surface area contributed by atoms with Gasteiger partial charge in [-0.15, -0.1) is 0 Å². The second-order valence-corrected chi connectivity index (χ2v) is 5.21. The van der Waals surface area contributed by atoms with Crippen molar-refractivity contribution >= 4 is 23.2 Å². The molecule has 0 heterocycles. The lowest BCUT2D eigenvalue weighted by atomic mass is 9.93. The molecule has 0 saturated carbocycles. The molecule has 102 valence electrons. The maximum Gasteiger partial charge on any atom is 0.122 e. The van der Waals surface area contributed by atoms with E-state index in [0.717, 1.165) is 16.9 Å². The van der Waals surface area contributed by atoms with Gasteiger partial charge in [0.15, 0.2) is 0 Å². The SMILES string of the molecule is COc1ccc(Cl)cc1CC(C#N)c1ccccc1Cl. The van der Waals surface area contributed by atoms with E-state index in [-0.39, 0.29) is 5.92 Å². The summed E-state index contributed by atoms with van der Waals surface area (Å²) in [5.74, 6) is 0.387. The Hall–Kier alpha value is -1.69. The minimum absolute atomic E-state index is 0.337. The van der Waals surface area contributed by atoms with Crippen LogP contribution in [-0.4, -0.2) is 7.11 Å². The Labute approximate surface area is 128 Å². The number of nitrogens with zero attached hydrogens (tertiary/aromatic N) is 1. The summed E-state index contributed by atoms with van der Waals surface area (Å²) in [6.45, 7) is 0. The van der Waals surface area contributed by atoms with E-state index in [4.69, 9.17) is 27.9 Å². The fourth-order valence-electron chi connectivity index (χ4n) is 2.11. The maximum atomic E-state index is 9.42. The molecule has 20 heavy (non-hydrogen) atoms. The van der Waals surface area contributed by atoms with Gasteiger partial charge in [-0.05, 0) is 41.8 Å². The molecule has 0 spiro atoms. The van der Waals surface area contributed by atoms with Crippen molar-refractivity contribution in [1.29, 1.82) is 5.26 Å². The predicted octanol–water partition coefficient (Wildman–Crippen LogP) is 4.85. The summed E-state index contributed by atoms with van der Waals surface area (Å²) in [7, 11) is 1.60. The van der Waals surface area contributed by atoms with Gasteiger partial charge >= 0.3 is 0 Å². The van der Waals surface area contributed by atoms with Crippen LogP contribution in [0.3, 0.4) is 0 Å². The standard InChI is InChI=1S/C16H13Cl2NO/c1-20-16-7-6-13(17)9-11(16)8-12(10-19)14-4-2-3-5-15(14)18/h2-7,9,12H,8H2,1H3. The third kappa shape index (κ3) is 3.25. The van der Waals surface area contributed by atoms with Crippen molar-refractivity contribution in [2.24, 2.45) is 0 Å². The summed E-state index contributed by atoms with van der Waals surface area (Å²) in [6.07, 6.45) is 0.504. The summed E-state index contributed by atoms with van der Waals surface area (Å²) in [6, 6.07) is 15.1. The quantitative estimate of drug-likeness (QED) is 0.808. The molecule has 0 aliphatic rings. The lowest BCUT2D eigenvalue weighted by Gasteiger charge is -2.14. The molecule has 0 bridgehead atoms. The largest absolute Gasteiger partial charge is 0.496 e. The van der Waals surface area contributed by atoms with Crippen LogP contribution in [0.5, 0.6) is 5.75 Å². The molecule has 0 radical (unpaired) electrons. The predicted molar refractivity (Wildman–Crippen MR) is 81.5 cm³/mol. The first kappa shape index (κ1) is 14.7. The van der Waals surface area contributed by atoms with E-state index in [9.17, 15) is 5.26 Å². The second-order valence-electron chi connectivity index (χ2n) is 4.36. The summed E-state index contributed by atoms with van der Waals surface area (Å²) in [5.41, 5.74) is 1.71. The van der Waals surface area contributed by atoms with Gasteiger partial charge in [0, 0.05) is 10.0 Å². The highest BCUT2D eigenvalue weighted by molar-refractivity contribution is 6.31. The first-order chi connectivity index (χ1) is 9.65. The van der Waals surface area contributed by atoms with Crippen LogP contribution in [0.2, 0.25) is 10.0 Å². The molecule has 0 aliphatic carbocycles. The summed E-state index contributed by atoms with van der Waals surface area (Å²) in [5, 5.41) is 10.6. The fraction of sp³-hybridized carbons (Fsp3) is 0.188. The van der Waals surface area contributed by atoms with E-state index in [1.165, 1.54) is 0 Å². The van der Waals surface area contributed by atoms with Crippen molar-refractivity contribution in [3.8, 4) is 11.8 Å². The fourth-order valence-corrected chi connectivity index (χ4v) is 2.57. The molecule has 4 heteroatoms. The van der Waals surface area contributed by atoms with Crippen molar-refractivity contribution in [1.82, 2.24) is 0 Å². The van der Waals surface area contributed by atoms with Gasteiger partial charge in [0.25, 0.3) is 0 Å². The highest BCUT2D eigenvalue weighted by Gasteiger charge is 2.17. The van der Waals surface area contributed by atoms with E-state index < -0.39 is 0 Å². The first-order valence-corrected chi connectivity index (χ1v) is 6.87. The van der Waals surface area contributed by atoms with E-state index in [2.05, 4.69) is 6.07 Å². The zero-order valence-corrected chi connectivity index (χ0v) is 12.4. The molecule has 2 aromatic carbocycles. The lowest BCUT2D eigenvalue weighted by Crippen LogP contribution is -2.03. The van der Waals surface area contributed by atoms with Crippen molar-refractivity contribution < 1.29 is 4.74 Å². The Bertz CT molecular complexity index is 649. The molecule has 2 nitrogen and oxygen atoms in total. The van der Waals surface area contributed by atoms with E-state index in [1.807, 2.05) is 24.3 Å². The third-order valence-electron chi connectivity index (χ3n) is 3.10. The highest BCUT2D eigenvalue weighted by Crippen LogP contribution is 2.31. The molecule has 2 rings (SSSR count). The molecular formula is C16H13Cl2NO. The van der Waals surface area contributed by atoms with Crippen LogP contribution in [0.15, 0.2) is 42.5 Å². The number of benzene rings is 2. The van der Waals surface area contributed by atoms with Crippen LogP contribution < -0.4 is 4.74 Å². The molecular weight excluding hydrogens is 293 g/mol.